The van der Waals surface area contributed by atoms with E-state index in [1.807, 2.05) is 20.8 Å². The number of nitrogens with one attached hydrogen (secondary N) is 1. The first-order valence-electron chi connectivity index (χ1n) is 4.79. The van der Waals surface area contributed by atoms with Gasteiger partial charge in [0.1, 0.15) is 6.26 Å². The van der Waals surface area contributed by atoms with Gasteiger partial charge in [-0.1, -0.05) is 20.8 Å². The third-order valence-electron chi connectivity index (χ3n) is 2.06. The Labute approximate surface area is 89.1 Å². The summed E-state index contributed by atoms with van der Waals surface area (Å²) in [5.41, 5.74) is 6.20. The number of hydrogen-bond acceptors (Lipinski definition) is 4. The molecule has 1 rings (SSSR count). The fraction of sp³-hybridized carbons (Fsp3) is 0.600. The van der Waals surface area contributed by atoms with Crippen molar-refractivity contribution in [3.63, 3.8) is 0 Å². The van der Waals surface area contributed by atoms with Crippen molar-refractivity contribution in [2.45, 2.75) is 33.7 Å². The van der Waals surface area contributed by atoms with Crippen molar-refractivity contribution in [1.29, 1.82) is 0 Å². The molecule has 1 amide bonds. The lowest BCUT2D eigenvalue weighted by molar-refractivity contribution is -0.119. The number of carbonyl (C=O) groups excluding carboxylic acids is 1. The molecule has 0 aliphatic carbocycles. The maximum absolute atomic E-state index is 11.6. The molecule has 1 aromatic rings. The quantitative estimate of drug-likeness (QED) is 0.772. The van der Waals surface area contributed by atoms with E-state index in [0.29, 0.717) is 0 Å². The molecule has 0 aliphatic rings. The van der Waals surface area contributed by atoms with Gasteiger partial charge in [-0.15, -0.1) is 0 Å². The van der Waals surface area contributed by atoms with Gasteiger partial charge in [-0.25, -0.2) is 0 Å². The van der Waals surface area contributed by atoms with Gasteiger partial charge in [0.05, 0.1) is 11.7 Å². The highest BCUT2D eigenvalue weighted by Gasteiger charge is 2.28. The number of aryl methyl sites for hydroxylation is 1. The van der Waals surface area contributed by atoms with Gasteiger partial charge in [-0.2, -0.15) is 4.98 Å². The first kappa shape index (κ1) is 11.7. The van der Waals surface area contributed by atoms with Gasteiger partial charge in [0.2, 0.25) is 5.91 Å². The number of amides is 1. The van der Waals surface area contributed by atoms with E-state index < -0.39 is 6.04 Å². The Balaban J connectivity index is 2.64. The van der Waals surface area contributed by atoms with Gasteiger partial charge in [-0.05, 0) is 12.3 Å². The smallest absolute Gasteiger partial charge is 0.301 e. The van der Waals surface area contributed by atoms with E-state index in [9.17, 15) is 4.79 Å². The Hall–Kier alpha value is -1.36. The van der Waals surface area contributed by atoms with Crippen molar-refractivity contribution < 1.29 is 9.21 Å². The summed E-state index contributed by atoms with van der Waals surface area (Å²) in [5, 5.41) is 2.53. The summed E-state index contributed by atoms with van der Waals surface area (Å²) in [7, 11) is 0. The Morgan fingerprint density at radius 1 is 1.60 bits per heavy atom. The van der Waals surface area contributed by atoms with Crippen LogP contribution >= 0.6 is 0 Å². The lowest BCUT2D eigenvalue weighted by Gasteiger charge is -2.24. The zero-order valence-corrected chi connectivity index (χ0v) is 9.50. The van der Waals surface area contributed by atoms with Crippen LogP contribution < -0.4 is 11.1 Å². The molecule has 0 bridgehead atoms. The van der Waals surface area contributed by atoms with Crippen molar-refractivity contribution in [3.8, 4) is 0 Å². The molecule has 1 heterocycles. The molecule has 5 heteroatoms. The van der Waals surface area contributed by atoms with Crippen LogP contribution in [0.1, 0.15) is 26.5 Å². The van der Waals surface area contributed by atoms with Gasteiger partial charge >= 0.3 is 6.01 Å². The largest absolute Gasteiger partial charge is 0.432 e. The van der Waals surface area contributed by atoms with E-state index in [1.165, 1.54) is 6.26 Å². The highest BCUT2D eigenvalue weighted by Crippen LogP contribution is 2.18. The maximum atomic E-state index is 11.6. The fourth-order valence-corrected chi connectivity index (χ4v) is 0.988. The van der Waals surface area contributed by atoms with E-state index in [4.69, 9.17) is 10.2 Å². The molecule has 0 saturated carbocycles. The Kier molecular flexibility index (Phi) is 3.14. The molecule has 1 aromatic heterocycles. The third-order valence-corrected chi connectivity index (χ3v) is 2.06. The summed E-state index contributed by atoms with van der Waals surface area (Å²) in [5.74, 6) is -0.288. The maximum Gasteiger partial charge on any atom is 0.301 e. The number of rotatable bonds is 2. The second-order valence-electron chi connectivity index (χ2n) is 4.63. The van der Waals surface area contributed by atoms with Crippen LogP contribution in [0.25, 0.3) is 0 Å². The highest BCUT2D eigenvalue weighted by molar-refractivity contribution is 5.93. The van der Waals surface area contributed by atoms with Crippen molar-refractivity contribution in [2.75, 3.05) is 5.32 Å². The molecule has 1 atom stereocenters. The molecule has 0 saturated heterocycles. The first-order valence-corrected chi connectivity index (χ1v) is 4.79. The molecule has 0 spiro atoms. The average Bonchev–Trinajstić information content (AvgIpc) is 2.48. The van der Waals surface area contributed by atoms with E-state index in [0.717, 1.165) is 5.69 Å². The molecule has 84 valence electrons. The summed E-state index contributed by atoms with van der Waals surface area (Å²) in [6.07, 6.45) is 1.47. The Morgan fingerprint density at radius 3 is 2.60 bits per heavy atom. The molecular weight excluding hydrogens is 194 g/mol. The second kappa shape index (κ2) is 4.02. The van der Waals surface area contributed by atoms with Crippen LogP contribution in [0.3, 0.4) is 0 Å². The zero-order chi connectivity index (χ0) is 11.6. The van der Waals surface area contributed by atoms with Gasteiger partial charge in [0.15, 0.2) is 0 Å². The number of nitrogens with zero attached hydrogens (tertiary/aromatic N) is 1. The van der Waals surface area contributed by atoms with Crippen molar-refractivity contribution in [1.82, 2.24) is 4.98 Å². The fourth-order valence-electron chi connectivity index (χ4n) is 0.988. The van der Waals surface area contributed by atoms with Crippen LogP contribution in [-0.2, 0) is 4.79 Å². The number of carbonyl (C=O) groups is 1. The molecule has 0 radical (unpaired) electrons. The van der Waals surface area contributed by atoms with Crippen molar-refractivity contribution in [3.05, 3.63) is 12.0 Å². The van der Waals surface area contributed by atoms with Gasteiger partial charge < -0.3 is 10.2 Å². The zero-order valence-electron chi connectivity index (χ0n) is 9.50. The molecule has 5 nitrogen and oxygen atoms in total. The molecule has 0 aliphatic heterocycles. The standard InChI is InChI=1S/C10H17N3O2/c1-6-5-15-9(12-6)13-8(14)7(11)10(2,3)4/h5,7H,11H2,1-4H3,(H,12,13,14). The SMILES string of the molecule is Cc1coc(NC(=O)C(N)C(C)(C)C)n1. The number of aromatic nitrogens is 1. The second-order valence-corrected chi connectivity index (χ2v) is 4.63. The average molecular weight is 211 g/mol. The topological polar surface area (TPSA) is 81.2 Å². The first-order chi connectivity index (χ1) is 6.80. The normalized spacial score (nSPS) is 13.7. The van der Waals surface area contributed by atoms with E-state index >= 15 is 0 Å². The minimum atomic E-state index is -0.593. The van der Waals surface area contributed by atoms with E-state index in [-0.39, 0.29) is 17.3 Å². The molecule has 3 N–H and O–H groups in total. The van der Waals surface area contributed by atoms with Crippen molar-refractivity contribution in [2.24, 2.45) is 11.1 Å². The molecule has 1 unspecified atom stereocenters. The van der Waals surface area contributed by atoms with Crippen LogP contribution in [0, 0.1) is 12.3 Å². The summed E-state index contributed by atoms with van der Waals surface area (Å²) >= 11 is 0. The summed E-state index contributed by atoms with van der Waals surface area (Å²) in [6, 6.07) is -0.401. The number of hydrogen-bond donors (Lipinski definition) is 2. The Bertz CT molecular complexity index is 352. The minimum Gasteiger partial charge on any atom is -0.432 e. The Morgan fingerprint density at radius 2 is 2.20 bits per heavy atom. The summed E-state index contributed by atoms with van der Waals surface area (Å²) < 4.78 is 5.00. The number of oxazole rings is 1. The lowest BCUT2D eigenvalue weighted by Crippen LogP contribution is -2.45. The van der Waals surface area contributed by atoms with Crippen LogP contribution in [-0.4, -0.2) is 16.9 Å². The third kappa shape index (κ3) is 3.06. The van der Waals surface area contributed by atoms with Gasteiger partial charge in [-0.3, -0.25) is 10.1 Å². The van der Waals surface area contributed by atoms with E-state index in [2.05, 4.69) is 10.3 Å². The lowest BCUT2D eigenvalue weighted by atomic mass is 9.87. The minimum absolute atomic E-state index is 0.192. The van der Waals surface area contributed by atoms with Gasteiger partial charge in [0, 0.05) is 0 Å². The van der Waals surface area contributed by atoms with Crippen LogP contribution in [0.5, 0.6) is 0 Å². The monoisotopic (exact) mass is 211 g/mol. The molecule has 15 heavy (non-hydrogen) atoms. The van der Waals surface area contributed by atoms with Crippen LogP contribution in [0.2, 0.25) is 0 Å². The summed E-state index contributed by atoms with van der Waals surface area (Å²) in [6.45, 7) is 7.48. The number of anilines is 1. The molecule has 0 aromatic carbocycles. The van der Waals surface area contributed by atoms with Crippen molar-refractivity contribution >= 4 is 11.9 Å². The predicted molar refractivity (Wildman–Crippen MR) is 57.3 cm³/mol. The van der Waals surface area contributed by atoms with Crippen LogP contribution in [0.4, 0.5) is 6.01 Å². The number of nitrogens with two attached hydrogens (primary N) is 1. The summed E-state index contributed by atoms with van der Waals surface area (Å²) in [4.78, 5) is 15.6. The predicted octanol–water partition coefficient (Wildman–Crippen LogP) is 1.29. The van der Waals surface area contributed by atoms with Crippen LogP contribution in [0.15, 0.2) is 10.7 Å². The van der Waals surface area contributed by atoms with E-state index in [1.54, 1.807) is 6.92 Å². The highest BCUT2D eigenvalue weighted by atomic mass is 16.4. The van der Waals surface area contributed by atoms with Gasteiger partial charge in [0.25, 0.3) is 0 Å². The molecule has 0 fully saturated rings. The molecular formula is C10H17N3O2.